The monoisotopic (exact) mass is 243 g/mol. The third-order valence-electron chi connectivity index (χ3n) is 1.97. The lowest BCUT2D eigenvalue weighted by Gasteiger charge is -2.14. The maximum atomic E-state index is 8.57. The Labute approximate surface area is 99.4 Å². The lowest BCUT2D eigenvalue weighted by Crippen LogP contribution is -2.14. The highest BCUT2D eigenvalue weighted by Crippen LogP contribution is 2.27. The Bertz CT molecular complexity index is 373. The number of nitriles is 1. The van der Waals surface area contributed by atoms with Gasteiger partial charge in [0.15, 0.2) is 0 Å². The van der Waals surface area contributed by atoms with E-state index in [1.807, 2.05) is 6.92 Å². The van der Waals surface area contributed by atoms with Crippen LogP contribution in [0, 0.1) is 11.3 Å². The van der Waals surface area contributed by atoms with Crippen LogP contribution in [0.15, 0.2) is 18.2 Å². The zero-order chi connectivity index (χ0) is 11.3. The molecule has 0 aliphatic heterocycles. The van der Waals surface area contributed by atoms with Crippen molar-refractivity contribution in [3.8, 4) is 11.8 Å². The van der Waals surface area contributed by atoms with Gasteiger partial charge in [-0.15, -0.1) is 0 Å². The molecule has 1 aromatic rings. The summed E-state index contributed by atoms with van der Waals surface area (Å²) < 4.78 is 5.57. The highest BCUT2D eigenvalue weighted by Gasteiger charge is 2.08. The van der Waals surface area contributed by atoms with E-state index in [2.05, 4.69) is 6.07 Å². The van der Waals surface area contributed by atoms with Crippen molar-refractivity contribution in [1.29, 1.82) is 5.26 Å². The van der Waals surface area contributed by atoms with Gasteiger partial charge in [0.25, 0.3) is 0 Å². The van der Waals surface area contributed by atoms with Gasteiger partial charge in [0.1, 0.15) is 11.9 Å². The van der Waals surface area contributed by atoms with Gasteiger partial charge in [-0.3, -0.25) is 0 Å². The number of benzene rings is 1. The van der Waals surface area contributed by atoms with Crippen molar-refractivity contribution < 1.29 is 4.74 Å². The van der Waals surface area contributed by atoms with E-state index >= 15 is 0 Å². The summed E-state index contributed by atoms with van der Waals surface area (Å²) in [5, 5.41) is 9.52. The van der Waals surface area contributed by atoms with Crippen LogP contribution < -0.4 is 4.74 Å². The van der Waals surface area contributed by atoms with E-state index in [1.54, 1.807) is 18.2 Å². The summed E-state index contributed by atoms with van der Waals surface area (Å²) in [6, 6.07) is 7.16. The average Bonchev–Trinajstić information content (AvgIpc) is 2.23. The lowest BCUT2D eigenvalue weighted by atomic mass is 10.2. The van der Waals surface area contributed by atoms with E-state index in [1.165, 1.54) is 0 Å². The van der Waals surface area contributed by atoms with Gasteiger partial charge in [-0.05, 0) is 18.6 Å². The van der Waals surface area contributed by atoms with Crippen LogP contribution in [0.1, 0.15) is 19.8 Å². The minimum Gasteiger partial charge on any atom is -0.489 e. The molecule has 0 N–H and O–H groups in total. The number of rotatable bonds is 4. The Hall–Kier alpha value is -0.910. The highest BCUT2D eigenvalue weighted by atomic mass is 35.5. The molecule has 2 nitrogen and oxygen atoms in total. The highest BCUT2D eigenvalue weighted by molar-refractivity contribution is 6.42. The van der Waals surface area contributed by atoms with E-state index in [0.717, 1.165) is 6.42 Å². The predicted molar refractivity (Wildman–Crippen MR) is 61.4 cm³/mol. The van der Waals surface area contributed by atoms with E-state index < -0.39 is 0 Å². The topological polar surface area (TPSA) is 33.0 Å². The molecule has 0 amide bonds. The standard InChI is InChI=1S/C11H11Cl2NO/c1-2-8(5-6-14)15-9-3-4-10(12)11(13)7-9/h3-4,7-8H,2,5H2,1H3. The predicted octanol–water partition coefficient (Wildman–Crippen LogP) is 4.06. The number of ether oxygens (including phenoxy) is 1. The summed E-state index contributed by atoms with van der Waals surface area (Å²) >= 11 is 11.6. The minimum atomic E-state index is -0.0905. The Morgan fingerprint density at radius 1 is 1.40 bits per heavy atom. The Balaban J connectivity index is 2.71. The second kappa shape index (κ2) is 5.85. The van der Waals surface area contributed by atoms with Crippen LogP contribution in [0.2, 0.25) is 10.0 Å². The second-order valence-corrected chi connectivity index (χ2v) is 3.90. The molecule has 0 aromatic heterocycles. The zero-order valence-electron chi connectivity index (χ0n) is 8.34. The molecule has 1 rings (SSSR count). The van der Waals surface area contributed by atoms with Crippen molar-refractivity contribution in [2.75, 3.05) is 0 Å². The second-order valence-electron chi connectivity index (χ2n) is 3.09. The first kappa shape index (κ1) is 12.2. The van der Waals surface area contributed by atoms with Crippen LogP contribution >= 0.6 is 23.2 Å². The summed E-state index contributed by atoms with van der Waals surface area (Å²) in [6.45, 7) is 1.97. The van der Waals surface area contributed by atoms with Gasteiger partial charge >= 0.3 is 0 Å². The fraction of sp³-hybridized carbons (Fsp3) is 0.364. The third kappa shape index (κ3) is 3.62. The van der Waals surface area contributed by atoms with Gasteiger partial charge in [-0.25, -0.2) is 0 Å². The van der Waals surface area contributed by atoms with Crippen LogP contribution in [0.25, 0.3) is 0 Å². The Morgan fingerprint density at radius 3 is 2.67 bits per heavy atom. The van der Waals surface area contributed by atoms with Gasteiger partial charge < -0.3 is 4.74 Å². The smallest absolute Gasteiger partial charge is 0.121 e. The zero-order valence-corrected chi connectivity index (χ0v) is 9.85. The molecule has 80 valence electrons. The summed E-state index contributed by atoms with van der Waals surface area (Å²) in [5.74, 6) is 0.645. The molecule has 0 saturated heterocycles. The van der Waals surface area contributed by atoms with Crippen molar-refractivity contribution in [2.45, 2.75) is 25.9 Å². The van der Waals surface area contributed by atoms with Gasteiger partial charge in [-0.2, -0.15) is 5.26 Å². The van der Waals surface area contributed by atoms with Gasteiger partial charge in [0.05, 0.1) is 22.5 Å². The van der Waals surface area contributed by atoms with Crippen molar-refractivity contribution >= 4 is 23.2 Å². The molecular weight excluding hydrogens is 233 g/mol. The van der Waals surface area contributed by atoms with Crippen LogP contribution in [-0.2, 0) is 0 Å². The van der Waals surface area contributed by atoms with Crippen LogP contribution in [0.4, 0.5) is 0 Å². The molecule has 4 heteroatoms. The van der Waals surface area contributed by atoms with Crippen molar-refractivity contribution in [1.82, 2.24) is 0 Å². The average molecular weight is 244 g/mol. The quantitative estimate of drug-likeness (QED) is 0.799. The largest absolute Gasteiger partial charge is 0.489 e. The van der Waals surface area contributed by atoms with E-state index in [0.29, 0.717) is 22.2 Å². The molecule has 0 fully saturated rings. The SMILES string of the molecule is CCC(CC#N)Oc1ccc(Cl)c(Cl)c1. The van der Waals surface area contributed by atoms with Crippen LogP contribution in [-0.4, -0.2) is 6.10 Å². The van der Waals surface area contributed by atoms with E-state index in [-0.39, 0.29) is 6.10 Å². The number of halogens is 2. The summed E-state index contributed by atoms with van der Waals surface area (Å²) in [4.78, 5) is 0. The molecular formula is C11H11Cl2NO. The number of nitrogens with zero attached hydrogens (tertiary/aromatic N) is 1. The number of hydrogen-bond acceptors (Lipinski definition) is 2. The first-order valence-corrected chi connectivity index (χ1v) is 5.41. The van der Waals surface area contributed by atoms with Gasteiger partial charge in [0.2, 0.25) is 0 Å². The molecule has 0 spiro atoms. The van der Waals surface area contributed by atoms with Crippen LogP contribution in [0.3, 0.4) is 0 Å². The lowest BCUT2D eigenvalue weighted by molar-refractivity contribution is 0.202. The Kier molecular flexibility index (Phi) is 4.74. The molecule has 1 aromatic carbocycles. The molecule has 1 atom stereocenters. The summed E-state index contributed by atoms with van der Waals surface area (Å²) in [5.41, 5.74) is 0. The van der Waals surface area contributed by atoms with E-state index in [4.69, 9.17) is 33.2 Å². The molecule has 0 saturated carbocycles. The van der Waals surface area contributed by atoms with Gasteiger partial charge in [-0.1, -0.05) is 30.1 Å². The maximum Gasteiger partial charge on any atom is 0.121 e. The van der Waals surface area contributed by atoms with E-state index in [9.17, 15) is 0 Å². The maximum absolute atomic E-state index is 8.57. The molecule has 0 aliphatic rings. The fourth-order valence-corrected chi connectivity index (χ4v) is 1.40. The molecule has 0 aliphatic carbocycles. The normalized spacial score (nSPS) is 11.9. The summed E-state index contributed by atoms with van der Waals surface area (Å²) in [7, 11) is 0. The Morgan fingerprint density at radius 2 is 2.13 bits per heavy atom. The molecule has 0 heterocycles. The molecule has 0 radical (unpaired) electrons. The molecule has 0 bridgehead atoms. The van der Waals surface area contributed by atoms with Gasteiger partial charge in [0, 0.05) is 6.07 Å². The first-order valence-electron chi connectivity index (χ1n) is 4.66. The number of hydrogen-bond donors (Lipinski definition) is 0. The minimum absolute atomic E-state index is 0.0905. The summed E-state index contributed by atoms with van der Waals surface area (Å²) in [6.07, 6.45) is 1.07. The molecule has 15 heavy (non-hydrogen) atoms. The first-order chi connectivity index (χ1) is 7.17. The fourth-order valence-electron chi connectivity index (χ4n) is 1.11. The van der Waals surface area contributed by atoms with Crippen molar-refractivity contribution in [2.24, 2.45) is 0 Å². The van der Waals surface area contributed by atoms with Crippen molar-refractivity contribution in [3.05, 3.63) is 28.2 Å². The van der Waals surface area contributed by atoms with Crippen molar-refractivity contribution in [3.63, 3.8) is 0 Å². The molecule has 1 unspecified atom stereocenters. The third-order valence-corrected chi connectivity index (χ3v) is 2.71. The van der Waals surface area contributed by atoms with Crippen LogP contribution in [0.5, 0.6) is 5.75 Å².